The second kappa shape index (κ2) is 10.7. The number of aryl methyl sites for hydroxylation is 2. The molecule has 4 nitrogen and oxygen atoms in total. The van der Waals surface area contributed by atoms with Gasteiger partial charge in [0.05, 0.1) is 14.2 Å². The monoisotopic (exact) mass is 421 g/mol. The first kappa shape index (κ1) is 21.8. The van der Waals surface area contributed by atoms with Gasteiger partial charge in [0.2, 0.25) is 5.91 Å². The molecule has 0 aliphatic rings. The molecule has 0 bridgehead atoms. The Labute approximate surface area is 182 Å². The smallest absolute Gasteiger partial charge is 0.224 e. The number of benzene rings is 3. The molecule has 0 aliphatic carbocycles. The lowest BCUT2D eigenvalue weighted by Crippen LogP contribution is -2.13. The molecule has 0 atom stereocenters. The second-order valence-electron chi connectivity index (χ2n) is 6.99. The number of hydrogen-bond donors (Lipinski definition) is 1. The molecule has 0 saturated heterocycles. The van der Waals surface area contributed by atoms with E-state index in [9.17, 15) is 4.79 Å². The average molecular weight is 422 g/mol. The largest absolute Gasteiger partial charge is 0.493 e. The van der Waals surface area contributed by atoms with E-state index < -0.39 is 0 Å². The third-order valence-electron chi connectivity index (χ3n) is 4.80. The van der Waals surface area contributed by atoms with Crippen LogP contribution in [0.1, 0.15) is 23.1 Å². The molecule has 0 spiro atoms. The van der Waals surface area contributed by atoms with Gasteiger partial charge < -0.3 is 14.8 Å². The van der Waals surface area contributed by atoms with Gasteiger partial charge in [-0.25, -0.2) is 0 Å². The Morgan fingerprint density at radius 2 is 1.63 bits per heavy atom. The van der Waals surface area contributed by atoms with Crippen molar-refractivity contribution < 1.29 is 14.3 Å². The van der Waals surface area contributed by atoms with Crippen molar-refractivity contribution in [2.45, 2.75) is 30.4 Å². The van der Waals surface area contributed by atoms with Crippen molar-refractivity contribution in [3.8, 4) is 11.5 Å². The minimum atomic E-state index is -0.000652. The molecule has 0 radical (unpaired) electrons. The number of amides is 1. The Hall–Kier alpha value is -2.92. The lowest BCUT2D eigenvalue weighted by molar-refractivity contribution is -0.116. The molecule has 1 amide bonds. The molecule has 0 saturated carbocycles. The van der Waals surface area contributed by atoms with E-state index in [2.05, 4.69) is 29.6 Å². The van der Waals surface area contributed by atoms with Gasteiger partial charge in [0, 0.05) is 22.8 Å². The predicted octanol–water partition coefficient (Wildman–Crippen LogP) is 5.88. The second-order valence-corrected chi connectivity index (χ2v) is 8.04. The van der Waals surface area contributed by atoms with Gasteiger partial charge in [0.1, 0.15) is 0 Å². The van der Waals surface area contributed by atoms with Crippen LogP contribution in [0, 0.1) is 6.92 Å². The van der Waals surface area contributed by atoms with E-state index in [-0.39, 0.29) is 5.91 Å². The summed E-state index contributed by atoms with van der Waals surface area (Å²) >= 11 is 1.81. The lowest BCUT2D eigenvalue weighted by atomic mass is 10.1. The van der Waals surface area contributed by atoms with Crippen molar-refractivity contribution in [3.63, 3.8) is 0 Å². The van der Waals surface area contributed by atoms with Crippen LogP contribution < -0.4 is 14.8 Å². The van der Waals surface area contributed by atoms with Crippen molar-refractivity contribution in [3.05, 3.63) is 83.4 Å². The number of methoxy groups -OCH3 is 2. The number of hydrogen-bond acceptors (Lipinski definition) is 4. The summed E-state index contributed by atoms with van der Waals surface area (Å²) in [5, 5.41) is 3.03. The molecule has 0 aromatic heterocycles. The van der Waals surface area contributed by atoms with E-state index >= 15 is 0 Å². The van der Waals surface area contributed by atoms with E-state index in [0.29, 0.717) is 24.3 Å². The van der Waals surface area contributed by atoms with Crippen molar-refractivity contribution in [2.24, 2.45) is 0 Å². The molecule has 3 aromatic carbocycles. The molecular weight excluding hydrogens is 394 g/mol. The Balaban J connectivity index is 1.53. The fourth-order valence-electron chi connectivity index (χ4n) is 3.15. The van der Waals surface area contributed by atoms with Gasteiger partial charge >= 0.3 is 0 Å². The zero-order valence-corrected chi connectivity index (χ0v) is 18.4. The summed E-state index contributed by atoms with van der Waals surface area (Å²) in [5.41, 5.74) is 4.21. The van der Waals surface area contributed by atoms with Crippen LogP contribution in [0.4, 0.5) is 5.69 Å². The number of thioether (sulfide) groups is 1. The van der Waals surface area contributed by atoms with Gasteiger partial charge in [-0.3, -0.25) is 4.79 Å². The minimum Gasteiger partial charge on any atom is -0.493 e. The Kier molecular flexibility index (Phi) is 7.80. The van der Waals surface area contributed by atoms with Crippen LogP contribution >= 0.6 is 11.8 Å². The molecule has 30 heavy (non-hydrogen) atoms. The molecular formula is C25H27NO3S. The van der Waals surface area contributed by atoms with Gasteiger partial charge in [-0.2, -0.15) is 0 Å². The molecule has 0 fully saturated rings. The Morgan fingerprint density at radius 1 is 0.900 bits per heavy atom. The van der Waals surface area contributed by atoms with E-state index in [1.165, 1.54) is 10.5 Å². The maximum Gasteiger partial charge on any atom is 0.224 e. The first-order valence-corrected chi connectivity index (χ1v) is 10.9. The number of nitrogens with one attached hydrogen (secondary N) is 1. The van der Waals surface area contributed by atoms with Crippen molar-refractivity contribution in [1.82, 2.24) is 0 Å². The summed E-state index contributed by atoms with van der Waals surface area (Å²) in [6, 6.07) is 22.3. The zero-order chi connectivity index (χ0) is 21.3. The summed E-state index contributed by atoms with van der Waals surface area (Å²) in [6.07, 6.45) is 1.04. The predicted molar refractivity (Wildman–Crippen MR) is 124 cm³/mol. The summed E-state index contributed by atoms with van der Waals surface area (Å²) < 4.78 is 10.6. The van der Waals surface area contributed by atoms with E-state index in [0.717, 1.165) is 22.6 Å². The number of rotatable bonds is 9. The van der Waals surface area contributed by atoms with Crippen LogP contribution in [-0.4, -0.2) is 20.1 Å². The Bertz CT molecular complexity index is 989. The highest BCUT2D eigenvalue weighted by atomic mass is 32.2. The first-order chi connectivity index (χ1) is 14.6. The van der Waals surface area contributed by atoms with Crippen LogP contribution in [0.3, 0.4) is 0 Å². The number of ether oxygens (including phenoxy) is 2. The molecule has 0 heterocycles. The summed E-state index contributed by atoms with van der Waals surface area (Å²) in [6.45, 7) is 2.03. The van der Waals surface area contributed by atoms with Crippen LogP contribution in [-0.2, 0) is 17.0 Å². The van der Waals surface area contributed by atoms with Gasteiger partial charge in [-0.05, 0) is 60.4 Å². The lowest BCUT2D eigenvalue weighted by Gasteiger charge is -2.12. The maximum absolute atomic E-state index is 12.4. The number of carbonyl (C=O) groups excluding carboxylic acids is 1. The summed E-state index contributed by atoms with van der Waals surface area (Å²) in [7, 11) is 3.22. The standard InChI is InChI=1S/C25H27NO3S/c1-18-15-20(17-30-21-7-5-4-6-8-21)9-12-22(18)26-25(27)14-11-19-10-13-23(28-2)24(16-19)29-3/h4-10,12-13,15-16H,11,14,17H2,1-3H3,(H,26,27). The quantitative estimate of drug-likeness (QED) is 0.439. The zero-order valence-electron chi connectivity index (χ0n) is 17.6. The highest BCUT2D eigenvalue weighted by Crippen LogP contribution is 2.28. The highest BCUT2D eigenvalue weighted by molar-refractivity contribution is 7.98. The van der Waals surface area contributed by atoms with Crippen LogP contribution in [0.2, 0.25) is 0 Å². The molecule has 3 rings (SSSR count). The summed E-state index contributed by atoms with van der Waals surface area (Å²) in [4.78, 5) is 13.7. The average Bonchev–Trinajstić information content (AvgIpc) is 2.78. The first-order valence-electron chi connectivity index (χ1n) is 9.87. The fourth-order valence-corrected chi connectivity index (χ4v) is 4.01. The molecule has 3 aromatic rings. The topological polar surface area (TPSA) is 47.6 Å². The molecule has 5 heteroatoms. The maximum atomic E-state index is 12.4. The minimum absolute atomic E-state index is 0.000652. The SMILES string of the molecule is COc1ccc(CCC(=O)Nc2ccc(CSc3ccccc3)cc2C)cc1OC. The fraction of sp³-hybridized carbons (Fsp3) is 0.240. The Morgan fingerprint density at radius 3 is 2.33 bits per heavy atom. The van der Waals surface area contributed by atoms with E-state index in [1.54, 1.807) is 26.0 Å². The number of carbonyl (C=O) groups is 1. The van der Waals surface area contributed by atoms with Crippen LogP contribution in [0.5, 0.6) is 11.5 Å². The van der Waals surface area contributed by atoms with E-state index in [1.807, 2.05) is 49.4 Å². The third-order valence-corrected chi connectivity index (χ3v) is 5.89. The van der Waals surface area contributed by atoms with Crippen LogP contribution in [0.25, 0.3) is 0 Å². The van der Waals surface area contributed by atoms with Crippen molar-refractivity contribution in [1.29, 1.82) is 0 Å². The normalized spacial score (nSPS) is 10.5. The molecule has 0 unspecified atom stereocenters. The van der Waals surface area contributed by atoms with Gasteiger partial charge in [0.15, 0.2) is 11.5 Å². The van der Waals surface area contributed by atoms with Gasteiger partial charge in [-0.1, -0.05) is 36.4 Å². The van der Waals surface area contributed by atoms with E-state index in [4.69, 9.17) is 9.47 Å². The van der Waals surface area contributed by atoms with Gasteiger partial charge in [-0.15, -0.1) is 11.8 Å². The van der Waals surface area contributed by atoms with Crippen molar-refractivity contribution in [2.75, 3.05) is 19.5 Å². The third kappa shape index (κ3) is 6.04. The van der Waals surface area contributed by atoms with Crippen LogP contribution in [0.15, 0.2) is 71.6 Å². The molecule has 0 aliphatic heterocycles. The number of anilines is 1. The summed E-state index contributed by atoms with van der Waals surface area (Å²) in [5.74, 6) is 2.26. The highest BCUT2D eigenvalue weighted by Gasteiger charge is 2.09. The van der Waals surface area contributed by atoms with Gasteiger partial charge in [0.25, 0.3) is 0 Å². The van der Waals surface area contributed by atoms with Crippen molar-refractivity contribution >= 4 is 23.4 Å². The molecule has 1 N–H and O–H groups in total. The molecule has 156 valence electrons.